The molecule has 1 aromatic heterocycles. The molecule has 2 heterocycles. The minimum Gasteiger partial charge on any atom is -0.395 e. The van der Waals surface area contributed by atoms with Crippen LogP contribution in [0.1, 0.15) is 44.6 Å². The Hall–Kier alpha value is -3.20. The smallest absolute Gasteiger partial charge is 0.245 e. The van der Waals surface area contributed by atoms with E-state index in [-0.39, 0.29) is 25.5 Å². The van der Waals surface area contributed by atoms with Gasteiger partial charge in [-0.2, -0.15) is 0 Å². The SMILES string of the molecule is C[C@@H](NC(=O)CCC(C)(F)F)C(=O)C[C@@H]1C(=O)N(CCO)c2ncccc2-c2ccccc21. The molecule has 0 saturated carbocycles. The van der Waals surface area contributed by atoms with Gasteiger partial charge in [-0.15, -0.1) is 0 Å². The van der Waals surface area contributed by atoms with E-state index in [2.05, 4.69) is 10.3 Å². The van der Waals surface area contributed by atoms with Crippen molar-refractivity contribution in [3.8, 4) is 11.1 Å². The summed E-state index contributed by atoms with van der Waals surface area (Å²) >= 11 is 0. The Morgan fingerprint density at radius 3 is 2.61 bits per heavy atom. The predicted molar refractivity (Wildman–Crippen MR) is 119 cm³/mol. The zero-order valence-corrected chi connectivity index (χ0v) is 18.6. The number of ketones is 1. The number of amides is 2. The maximum absolute atomic E-state index is 13.5. The van der Waals surface area contributed by atoms with Gasteiger partial charge in [0.15, 0.2) is 5.78 Å². The Morgan fingerprint density at radius 1 is 1.21 bits per heavy atom. The van der Waals surface area contributed by atoms with Crippen molar-refractivity contribution in [3.63, 3.8) is 0 Å². The van der Waals surface area contributed by atoms with Crippen LogP contribution in [0.2, 0.25) is 0 Å². The fourth-order valence-electron chi connectivity index (χ4n) is 3.91. The molecule has 0 aliphatic carbocycles. The molecule has 1 aliphatic heterocycles. The highest BCUT2D eigenvalue weighted by molar-refractivity contribution is 6.06. The number of pyridine rings is 1. The molecule has 2 aromatic rings. The van der Waals surface area contributed by atoms with Crippen LogP contribution in [-0.4, -0.2) is 52.8 Å². The first-order valence-electron chi connectivity index (χ1n) is 10.8. The van der Waals surface area contributed by atoms with Crippen LogP contribution in [0.15, 0.2) is 42.6 Å². The quantitative estimate of drug-likeness (QED) is 0.601. The molecule has 0 bridgehead atoms. The number of carbonyl (C=O) groups is 3. The summed E-state index contributed by atoms with van der Waals surface area (Å²) in [7, 11) is 0. The first kappa shape index (κ1) is 24.4. The van der Waals surface area contributed by atoms with Gasteiger partial charge in [-0.3, -0.25) is 19.3 Å². The fraction of sp³-hybridized carbons (Fsp3) is 0.417. The molecule has 2 amide bonds. The van der Waals surface area contributed by atoms with Gasteiger partial charge in [0.25, 0.3) is 0 Å². The molecule has 0 spiro atoms. The second-order valence-electron chi connectivity index (χ2n) is 8.26. The minimum absolute atomic E-state index is 0.0129. The number of anilines is 1. The number of nitrogens with zero attached hydrogens (tertiary/aromatic N) is 2. The van der Waals surface area contributed by atoms with E-state index in [4.69, 9.17) is 0 Å². The monoisotopic (exact) mass is 459 g/mol. The van der Waals surface area contributed by atoms with Crippen molar-refractivity contribution in [2.75, 3.05) is 18.1 Å². The molecule has 0 saturated heterocycles. The van der Waals surface area contributed by atoms with Gasteiger partial charge in [-0.1, -0.05) is 24.3 Å². The third-order valence-corrected chi connectivity index (χ3v) is 5.61. The molecule has 1 aliphatic rings. The Kier molecular flexibility index (Phi) is 7.53. The van der Waals surface area contributed by atoms with E-state index < -0.39 is 42.4 Å². The summed E-state index contributed by atoms with van der Waals surface area (Å²) in [5.74, 6) is -4.85. The number of carbonyl (C=O) groups excluding carboxylic acids is 3. The van der Waals surface area contributed by atoms with Gasteiger partial charge in [0.1, 0.15) is 5.82 Å². The molecule has 2 N–H and O–H groups in total. The van der Waals surface area contributed by atoms with Crippen molar-refractivity contribution in [1.82, 2.24) is 10.3 Å². The summed E-state index contributed by atoms with van der Waals surface area (Å²) in [5, 5.41) is 12.0. The molecular weight excluding hydrogens is 432 g/mol. The van der Waals surface area contributed by atoms with E-state index in [9.17, 15) is 28.3 Å². The molecule has 0 radical (unpaired) electrons. The fourth-order valence-corrected chi connectivity index (χ4v) is 3.91. The highest BCUT2D eigenvalue weighted by Crippen LogP contribution is 2.41. The normalized spacial score (nSPS) is 16.5. The van der Waals surface area contributed by atoms with Gasteiger partial charge >= 0.3 is 0 Å². The summed E-state index contributed by atoms with van der Waals surface area (Å²) < 4.78 is 26.0. The molecule has 7 nitrogen and oxygen atoms in total. The van der Waals surface area contributed by atoms with Crippen LogP contribution in [0.3, 0.4) is 0 Å². The molecule has 0 fully saturated rings. The maximum atomic E-state index is 13.5. The molecule has 9 heteroatoms. The number of aliphatic hydroxyl groups excluding tert-OH is 1. The number of hydrogen-bond acceptors (Lipinski definition) is 5. The molecule has 33 heavy (non-hydrogen) atoms. The van der Waals surface area contributed by atoms with E-state index >= 15 is 0 Å². The number of β-amino-alcohol motifs (C(OH)–C–C–N with tert-alkyl or cyclic N) is 1. The Morgan fingerprint density at radius 2 is 1.91 bits per heavy atom. The van der Waals surface area contributed by atoms with Crippen LogP contribution < -0.4 is 10.2 Å². The van der Waals surface area contributed by atoms with Crippen LogP contribution in [-0.2, 0) is 14.4 Å². The third kappa shape index (κ3) is 5.78. The van der Waals surface area contributed by atoms with Gasteiger partial charge in [-0.05, 0) is 37.1 Å². The number of aliphatic hydroxyl groups is 1. The predicted octanol–water partition coefficient (Wildman–Crippen LogP) is 3.07. The van der Waals surface area contributed by atoms with E-state index in [1.165, 1.54) is 11.8 Å². The molecule has 2 atom stereocenters. The highest BCUT2D eigenvalue weighted by Gasteiger charge is 2.36. The van der Waals surface area contributed by atoms with E-state index in [0.717, 1.165) is 12.5 Å². The summed E-state index contributed by atoms with van der Waals surface area (Å²) in [6, 6.07) is 9.86. The number of benzene rings is 1. The first-order chi connectivity index (χ1) is 15.6. The summed E-state index contributed by atoms with van der Waals surface area (Å²) in [6.07, 6.45) is 0.340. The second kappa shape index (κ2) is 10.2. The molecule has 3 rings (SSSR count). The van der Waals surface area contributed by atoms with E-state index in [0.29, 0.717) is 16.9 Å². The van der Waals surface area contributed by atoms with Crippen LogP contribution >= 0.6 is 0 Å². The number of halogens is 2. The topological polar surface area (TPSA) is 99.6 Å². The number of nitrogens with one attached hydrogen (secondary N) is 1. The molecular formula is C24H27F2N3O4. The van der Waals surface area contributed by atoms with Crippen LogP contribution in [0.25, 0.3) is 11.1 Å². The average Bonchev–Trinajstić information content (AvgIpc) is 2.87. The Bertz CT molecular complexity index is 1040. The number of Topliss-reactive ketones (excluding diaryl/α,β-unsaturated/α-hetero) is 1. The molecule has 176 valence electrons. The zero-order chi connectivity index (χ0) is 24.2. The van der Waals surface area contributed by atoms with Gasteiger partial charge in [0.2, 0.25) is 17.7 Å². The summed E-state index contributed by atoms with van der Waals surface area (Å²) in [4.78, 5) is 44.2. The highest BCUT2D eigenvalue weighted by atomic mass is 19.3. The number of hydrogen-bond donors (Lipinski definition) is 2. The van der Waals surface area contributed by atoms with Crippen molar-refractivity contribution in [2.45, 2.75) is 51.0 Å². The van der Waals surface area contributed by atoms with Crippen molar-refractivity contribution in [2.24, 2.45) is 0 Å². The van der Waals surface area contributed by atoms with Gasteiger partial charge in [0.05, 0.1) is 25.1 Å². The van der Waals surface area contributed by atoms with E-state index in [1.54, 1.807) is 24.4 Å². The van der Waals surface area contributed by atoms with Crippen LogP contribution in [0, 0.1) is 0 Å². The average molecular weight is 459 g/mol. The number of rotatable bonds is 9. The lowest BCUT2D eigenvalue weighted by molar-refractivity contribution is -0.129. The number of aromatic nitrogens is 1. The third-order valence-electron chi connectivity index (χ3n) is 5.61. The van der Waals surface area contributed by atoms with Crippen molar-refractivity contribution < 1.29 is 28.3 Å². The second-order valence-corrected chi connectivity index (χ2v) is 8.26. The maximum Gasteiger partial charge on any atom is 0.245 e. The van der Waals surface area contributed by atoms with Crippen LogP contribution in [0.5, 0.6) is 0 Å². The molecule has 0 unspecified atom stereocenters. The Balaban J connectivity index is 1.85. The van der Waals surface area contributed by atoms with Crippen LogP contribution in [0.4, 0.5) is 14.6 Å². The largest absolute Gasteiger partial charge is 0.395 e. The number of fused-ring (bicyclic) bond motifs is 3. The van der Waals surface area contributed by atoms with E-state index in [1.807, 2.05) is 18.2 Å². The standard InChI is InChI=1S/C24H27F2N3O4/c1-15(28-21(32)9-10-24(2,25)26)20(31)14-19-17-7-4-3-6-16(17)18-8-5-11-27-22(18)29(12-13-30)23(19)33/h3-8,11,15,19,30H,9-10,12-14H2,1-2H3,(H,28,32)/t15-,19+/m1/s1. The summed E-state index contributed by atoms with van der Waals surface area (Å²) in [6.45, 7) is 1.93. The summed E-state index contributed by atoms with van der Waals surface area (Å²) in [5.41, 5.74) is 2.12. The zero-order valence-electron chi connectivity index (χ0n) is 18.6. The van der Waals surface area contributed by atoms with Crippen molar-refractivity contribution in [3.05, 3.63) is 48.2 Å². The first-order valence-corrected chi connectivity index (χ1v) is 10.8. The number of alkyl halides is 2. The van der Waals surface area contributed by atoms with Gasteiger partial charge in [-0.25, -0.2) is 13.8 Å². The van der Waals surface area contributed by atoms with Crippen molar-refractivity contribution >= 4 is 23.4 Å². The lowest BCUT2D eigenvalue weighted by Crippen LogP contribution is -2.42. The molecule has 1 aromatic carbocycles. The minimum atomic E-state index is -2.97. The lowest BCUT2D eigenvalue weighted by atomic mass is 9.87. The van der Waals surface area contributed by atoms with Gasteiger partial charge in [0, 0.05) is 31.0 Å². The van der Waals surface area contributed by atoms with Gasteiger partial charge < -0.3 is 10.4 Å². The van der Waals surface area contributed by atoms with Crippen molar-refractivity contribution in [1.29, 1.82) is 0 Å². The Labute approximate surface area is 190 Å². The lowest BCUT2D eigenvalue weighted by Gasteiger charge is -2.25.